The predicted molar refractivity (Wildman–Crippen MR) is 125 cm³/mol. The number of likely N-dealkylation sites (tertiary alicyclic amines) is 2. The molecule has 1 aromatic heterocycles. The lowest BCUT2D eigenvalue weighted by molar-refractivity contribution is -0.136. The molecule has 1 aromatic carbocycles. The van der Waals surface area contributed by atoms with Crippen LogP contribution in [0.2, 0.25) is 0 Å². The normalized spacial score (nSPS) is 30.0. The van der Waals surface area contributed by atoms with Gasteiger partial charge in [-0.1, -0.05) is 43.2 Å². The van der Waals surface area contributed by atoms with Crippen LogP contribution in [0.15, 0.2) is 47.5 Å². The Morgan fingerprint density at radius 1 is 1.06 bits per heavy atom. The zero-order chi connectivity index (χ0) is 22.6. The van der Waals surface area contributed by atoms with Gasteiger partial charge >= 0.3 is 6.03 Å². The van der Waals surface area contributed by atoms with Gasteiger partial charge in [-0.05, 0) is 37.5 Å². The van der Waals surface area contributed by atoms with Crippen molar-refractivity contribution in [1.82, 2.24) is 19.4 Å². The number of urea groups is 1. The third-order valence-electron chi connectivity index (χ3n) is 8.74. The van der Waals surface area contributed by atoms with E-state index in [0.29, 0.717) is 37.0 Å². The fourth-order valence-corrected chi connectivity index (χ4v) is 6.61. The second kappa shape index (κ2) is 7.69. The van der Waals surface area contributed by atoms with Gasteiger partial charge in [0.05, 0.1) is 24.2 Å². The van der Waals surface area contributed by atoms with E-state index in [2.05, 4.69) is 4.98 Å². The Hall–Kier alpha value is -2.67. The summed E-state index contributed by atoms with van der Waals surface area (Å²) in [6, 6.07) is 11.3. The molecular weight excluding hydrogens is 416 g/mol. The van der Waals surface area contributed by atoms with Gasteiger partial charge in [0.15, 0.2) is 0 Å². The second-order valence-corrected chi connectivity index (χ2v) is 10.7. The molecule has 2 aliphatic heterocycles. The number of hydrogen-bond donors (Lipinski definition) is 1. The highest BCUT2D eigenvalue weighted by atomic mass is 16.3. The lowest BCUT2D eigenvalue weighted by Crippen LogP contribution is -2.63. The number of benzene rings is 1. The standard InChI is InChI=1S/C26H32N4O3/c31-23-13-22(19-6-2-1-3-7-19)27-18-30(23)17-26(33)10-11-28(16-25(26)8-4-5-9-25)24(32)29-14-20-12-21(20)15-29/h1-3,6-7,13,18,20-21,33H,4-5,8-12,14-17H2. The number of fused-ring (bicyclic) bond motifs is 1. The molecule has 2 aliphatic carbocycles. The molecule has 2 saturated heterocycles. The van der Waals surface area contributed by atoms with E-state index in [1.807, 2.05) is 40.1 Å². The van der Waals surface area contributed by atoms with Crippen LogP contribution >= 0.6 is 0 Å². The first-order chi connectivity index (χ1) is 16.0. The minimum atomic E-state index is -1.02. The van der Waals surface area contributed by atoms with Gasteiger partial charge in [-0.3, -0.25) is 9.36 Å². The molecule has 4 fully saturated rings. The van der Waals surface area contributed by atoms with E-state index in [1.165, 1.54) is 6.42 Å². The van der Waals surface area contributed by atoms with Gasteiger partial charge in [0.2, 0.25) is 0 Å². The summed E-state index contributed by atoms with van der Waals surface area (Å²) in [6.45, 7) is 3.13. The van der Waals surface area contributed by atoms with Crippen LogP contribution < -0.4 is 5.56 Å². The van der Waals surface area contributed by atoms with Crippen molar-refractivity contribution in [1.29, 1.82) is 0 Å². The molecule has 33 heavy (non-hydrogen) atoms. The minimum absolute atomic E-state index is 0.140. The number of aliphatic hydroxyl groups is 1. The molecule has 0 bridgehead atoms. The lowest BCUT2D eigenvalue weighted by atomic mass is 9.66. The summed E-state index contributed by atoms with van der Waals surface area (Å²) in [4.78, 5) is 34.7. The third-order valence-corrected chi connectivity index (χ3v) is 8.74. The fraction of sp³-hybridized carbons (Fsp3) is 0.577. The van der Waals surface area contributed by atoms with Crippen molar-refractivity contribution in [3.05, 3.63) is 53.1 Å². The molecule has 1 spiro atoms. The van der Waals surface area contributed by atoms with Crippen LogP contribution in [-0.4, -0.2) is 62.3 Å². The largest absolute Gasteiger partial charge is 0.387 e. The average Bonchev–Trinajstić information content (AvgIpc) is 3.20. The van der Waals surface area contributed by atoms with E-state index >= 15 is 0 Å². The molecule has 174 valence electrons. The first-order valence-electron chi connectivity index (χ1n) is 12.3. The number of rotatable bonds is 3. The summed E-state index contributed by atoms with van der Waals surface area (Å²) in [5, 5.41) is 12.0. The fourth-order valence-electron chi connectivity index (χ4n) is 6.61. The van der Waals surface area contributed by atoms with Crippen molar-refractivity contribution in [2.45, 2.75) is 50.7 Å². The molecule has 2 aromatic rings. The maximum Gasteiger partial charge on any atom is 0.320 e. The molecule has 6 rings (SSSR count). The Morgan fingerprint density at radius 2 is 1.79 bits per heavy atom. The molecule has 7 nitrogen and oxygen atoms in total. The highest BCUT2D eigenvalue weighted by molar-refractivity contribution is 5.75. The van der Waals surface area contributed by atoms with Gasteiger partial charge in [-0.2, -0.15) is 0 Å². The lowest BCUT2D eigenvalue weighted by Gasteiger charge is -2.52. The molecule has 7 heteroatoms. The van der Waals surface area contributed by atoms with Crippen LogP contribution in [0.25, 0.3) is 11.3 Å². The maximum absolute atomic E-state index is 13.2. The van der Waals surface area contributed by atoms with E-state index in [1.54, 1.807) is 17.0 Å². The highest BCUT2D eigenvalue weighted by Gasteiger charge is 2.56. The Balaban J connectivity index is 1.22. The third kappa shape index (κ3) is 3.57. The molecular formula is C26H32N4O3. The summed E-state index contributed by atoms with van der Waals surface area (Å²) in [5.74, 6) is 1.43. The van der Waals surface area contributed by atoms with Crippen molar-refractivity contribution in [2.24, 2.45) is 17.3 Å². The quantitative estimate of drug-likeness (QED) is 0.783. The zero-order valence-corrected chi connectivity index (χ0v) is 19.0. The van der Waals surface area contributed by atoms with Crippen LogP contribution in [0.5, 0.6) is 0 Å². The van der Waals surface area contributed by atoms with E-state index in [4.69, 9.17) is 0 Å². The summed E-state index contributed by atoms with van der Waals surface area (Å²) in [5.41, 5.74) is 0.0108. The van der Waals surface area contributed by atoms with Crippen molar-refractivity contribution < 1.29 is 9.90 Å². The van der Waals surface area contributed by atoms with E-state index in [9.17, 15) is 14.7 Å². The first-order valence-corrected chi connectivity index (χ1v) is 12.3. The van der Waals surface area contributed by atoms with Crippen LogP contribution in [0.1, 0.15) is 38.5 Å². The van der Waals surface area contributed by atoms with Gasteiger partial charge in [-0.15, -0.1) is 0 Å². The highest BCUT2D eigenvalue weighted by Crippen LogP contribution is 2.52. The van der Waals surface area contributed by atoms with Crippen molar-refractivity contribution in [3.8, 4) is 11.3 Å². The molecule has 3 atom stereocenters. The topological polar surface area (TPSA) is 78.7 Å². The SMILES string of the molecule is O=C(N1CC2CC2C1)N1CCC(O)(Cn2cnc(-c3ccccc3)cc2=O)C2(CCCC2)C1. The first kappa shape index (κ1) is 20.9. The Bertz CT molecular complexity index is 1100. The molecule has 2 saturated carbocycles. The van der Waals surface area contributed by atoms with Gasteiger partial charge in [-0.25, -0.2) is 9.78 Å². The van der Waals surface area contributed by atoms with Gasteiger partial charge in [0.25, 0.3) is 5.56 Å². The van der Waals surface area contributed by atoms with E-state index < -0.39 is 5.60 Å². The number of hydrogen-bond acceptors (Lipinski definition) is 4. The Morgan fingerprint density at radius 3 is 2.48 bits per heavy atom. The van der Waals surface area contributed by atoms with Crippen molar-refractivity contribution in [2.75, 3.05) is 26.2 Å². The van der Waals surface area contributed by atoms with Crippen LogP contribution in [0, 0.1) is 17.3 Å². The Labute approximate surface area is 194 Å². The number of amides is 2. The molecule has 4 aliphatic rings. The number of nitrogens with zero attached hydrogens (tertiary/aromatic N) is 4. The van der Waals surface area contributed by atoms with Crippen LogP contribution in [-0.2, 0) is 6.54 Å². The van der Waals surface area contributed by atoms with Gasteiger partial charge in [0, 0.05) is 43.2 Å². The number of piperidine rings is 2. The number of carbonyl (C=O) groups is 1. The second-order valence-electron chi connectivity index (χ2n) is 10.7. The van der Waals surface area contributed by atoms with E-state index in [0.717, 1.165) is 44.3 Å². The maximum atomic E-state index is 13.2. The van der Waals surface area contributed by atoms with Gasteiger partial charge < -0.3 is 14.9 Å². The summed E-state index contributed by atoms with van der Waals surface area (Å²) in [7, 11) is 0. The van der Waals surface area contributed by atoms with Crippen LogP contribution in [0.3, 0.4) is 0 Å². The number of aromatic nitrogens is 2. The van der Waals surface area contributed by atoms with Crippen molar-refractivity contribution >= 4 is 6.03 Å². The minimum Gasteiger partial charge on any atom is -0.387 e. The molecule has 1 N–H and O–H groups in total. The summed E-state index contributed by atoms with van der Waals surface area (Å²) < 4.78 is 1.55. The molecule has 0 radical (unpaired) electrons. The Kier molecular flexibility index (Phi) is 4.87. The van der Waals surface area contributed by atoms with Crippen molar-refractivity contribution in [3.63, 3.8) is 0 Å². The smallest absolute Gasteiger partial charge is 0.320 e. The molecule has 3 heterocycles. The van der Waals surface area contributed by atoms with Crippen LogP contribution in [0.4, 0.5) is 4.79 Å². The monoisotopic (exact) mass is 448 g/mol. The van der Waals surface area contributed by atoms with Gasteiger partial charge in [0.1, 0.15) is 0 Å². The summed E-state index contributed by atoms with van der Waals surface area (Å²) >= 11 is 0. The molecule has 3 unspecified atom stereocenters. The average molecular weight is 449 g/mol. The summed E-state index contributed by atoms with van der Waals surface area (Å²) in [6.07, 6.45) is 7.23. The number of carbonyl (C=O) groups excluding carboxylic acids is 1. The molecule has 2 amide bonds. The zero-order valence-electron chi connectivity index (χ0n) is 19.0. The van der Waals surface area contributed by atoms with E-state index in [-0.39, 0.29) is 23.6 Å². The predicted octanol–water partition coefficient (Wildman–Crippen LogP) is 2.98.